The third-order valence-electron chi connectivity index (χ3n) is 3.71. The standard InChI is InChI=1S/C16H25NO2/c1-2-15(17)14-9-3-4-10-16(14)19-12-6-8-13-7-5-11-18-13/h3-4,9-10,13,15H,2,5-8,11-12,17H2,1H3/t13?,15-/m1/s1. The second-order valence-electron chi connectivity index (χ2n) is 5.18. The molecule has 2 atom stereocenters. The Bertz CT molecular complexity index is 375. The molecule has 19 heavy (non-hydrogen) atoms. The molecule has 2 rings (SSSR count). The number of hydrogen-bond donors (Lipinski definition) is 1. The molecule has 3 nitrogen and oxygen atoms in total. The van der Waals surface area contributed by atoms with Gasteiger partial charge in [0.1, 0.15) is 5.75 Å². The molecule has 1 saturated heterocycles. The molecule has 0 saturated carbocycles. The van der Waals surface area contributed by atoms with Gasteiger partial charge in [-0.3, -0.25) is 0 Å². The zero-order chi connectivity index (χ0) is 13.5. The van der Waals surface area contributed by atoms with Gasteiger partial charge >= 0.3 is 0 Å². The van der Waals surface area contributed by atoms with E-state index in [1.807, 2.05) is 18.2 Å². The van der Waals surface area contributed by atoms with E-state index in [9.17, 15) is 0 Å². The summed E-state index contributed by atoms with van der Waals surface area (Å²) >= 11 is 0. The predicted molar refractivity (Wildman–Crippen MR) is 77.4 cm³/mol. The van der Waals surface area contributed by atoms with E-state index >= 15 is 0 Å². The monoisotopic (exact) mass is 263 g/mol. The number of hydrogen-bond acceptors (Lipinski definition) is 3. The highest BCUT2D eigenvalue weighted by molar-refractivity contribution is 5.35. The smallest absolute Gasteiger partial charge is 0.124 e. The number of ether oxygens (including phenoxy) is 2. The fraction of sp³-hybridized carbons (Fsp3) is 0.625. The molecule has 0 aliphatic carbocycles. The van der Waals surface area contributed by atoms with Crippen molar-refractivity contribution in [1.29, 1.82) is 0 Å². The molecule has 3 heteroatoms. The molecule has 1 aliphatic heterocycles. The minimum absolute atomic E-state index is 0.0642. The first-order valence-electron chi connectivity index (χ1n) is 7.40. The fourth-order valence-electron chi connectivity index (χ4n) is 2.50. The summed E-state index contributed by atoms with van der Waals surface area (Å²) in [6.07, 6.45) is 5.94. The van der Waals surface area contributed by atoms with Crippen LogP contribution in [-0.2, 0) is 4.74 Å². The van der Waals surface area contributed by atoms with E-state index in [4.69, 9.17) is 15.2 Å². The summed E-state index contributed by atoms with van der Waals surface area (Å²) in [6, 6.07) is 8.15. The minimum Gasteiger partial charge on any atom is -0.493 e. The van der Waals surface area contributed by atoms with Crippen LogP contribution in [0, 0.1) is 0 Å². The van der Waals surface area contributed by atoms with Gasteiger partial charge < -0.3 is 15.2 Å². The Morgan fingerprint density at radius 2 is 2.26 bits per heavy atom. The van der Waals surface area contributed by atoms with Crippen LogP contribution in [0.25, 0.3) is 0 Å². The van der Waals surface area contributed by atoms with Gasteiger partial charge in [0.05, 0.1) is 12.7 Å². The van der Waals surface area contributed by atoms with Gasteiger partial charge in [-0.2, -0.15) is 0 Å². The molecule has 106 valence electrons. The molecule has 1 aromatic carbocycles. The lowest BCUT2D eigenvalue weighted by atomic mass is 10.0. The number of nitrogens with two attached hydrogens (primary N) is 1. The molecule has 0 amide bonds. The maximum absolute atomic E-state index is 6.10. The van der Waals surface area contributed by atoms with E-state index in [-0.39, 0.29) is 6.04 Å². The lowest BCUT2D eigenvalue weighted by Crippen LogP contribution is -2.12. The van der Waals surface area contributed by atoms with Crippen LogP contribution in [0.5, 0.6) is 5.75 Å². The van der Waals surface area contributed by atoms with E-state index in [0.29, 0.717) is 6.10 Å². The molecule has 1 fully saturated rings. The van der Waals surface area contributed by atoms with Crippen LogP contribution in [0.3, 0.4) is 0 Å². The van der Waals surface area contributed by atoms with Gasteiger partial charge in [-0.05, 0) is 38.2 Å². The first kappa shape index (κ1) is 14.4. The molecule has 1 heterocycles. The van der Waals surface area contributed by atoms with Crippen molar-refractivity contribution in [2.45, 2.75) is 51.2 Å². The van der Waals surface area contributed by atoms with Gasteiger partial charge in [0, 0.05) is 18.2 Å². The van der Waals surface area contributed by atoms with E-state index in [0.717, 1.165) is 43.8 Å². The average molecular weight is 263 g/mol. The third-order valence-corrected chi connectivity index (χ3v) is 3.71. The summed E-state index contributed by atoms with van der Waals surface area (Å²) in [5.41, 5.74) is 7.21. The van der Waals surface area contributed by atoms with Crippen molar-refractivity contribution >= 4 is 0 Å². The zero-order valence-electron chi connectivity index (χ0n) is 11.8. The van der Waals surface area contributed by atoms with Crippen molar-refractivity contribution in [3.63, 3.8) is 0 Å². The van der Waals surface area contributed by atoms with E-state index in [1.165, 1.54) is 12.8 Å². The van der Waals surface area contributed by atoms with Crippen LogP contribution >= 0.6 is 0 Å². The largest absolute Gasteiger partial charge is 0.493 e. The number of rotatable bonds is 7. The van der Waals surface area contributed by atoms with Crippen LogP contribution in [0.1, 0.15) is 50.6 Å². The van der Waals surface area contributed by atoms with Crippen LogP contribution < -0.4 is 10.5 Å². The molecule has 1 aliphatic rings. The predicted octanol–water partition coefficient (Wildman–Crippen LogP) is 3.43. The molecule has 1 aromatic rings. The Hall–Kier alpha value is -1.06. The second kappa shape index (κ2) is 7.51. The third kappa shape index (κ3) is 4.22. The van der Waals surface area contributed by atoms with Crippen molar-refractivity contribution in [1.82, 2.24) is 0 Å². The first-order chi connectivity index (χ1) is 9.31. The first-order valence-corrected chi connectivity index (χ1v) is 7.40. The minimum atomic E-state index is 0.0642. The van der Waals surface area contributed by atoms with Gasteiger partial charge in [-0.15, -0.1) is 0 Å². The van der Waals surface area contributed by atoms with Gasteiger partial charge in [0.25, 0.3) is 0 Å². The summed E-state index contributed by atoms with van der Waals surface area (Å²) in [5, 5.41) is 0. The Labute approximate surface area is 116 Å². The highest BCUT2D eigenvalue weighted by atomic mass is 16.5. The van der Waals surface area contributed by atoms with Crippen LogP contribution in [0.15, 0.2) is 24.3 Å². The summed E-state index contributed by atoms with van der Waals surface area (Å²) in [7, 11) is 0. The van der Waals surface area contributed by atoms with Crippen LogP contribution in [0.4, 0.5) is 0 Å². The molecule has 0 bridgehead atoms. The van der Waals surface area contributed by atoms with Gasteiger partial charge in [0.15, 0.2) is 0 Å². The fourth-order valence-corrected chi connectivity index (χ4v) is 2.50. The van der Waals surface area contributed by atoms with E-state index < -0.39 is 0 Å². The van der Waals surface area contributed by atoms with E-state index in [1.54, 1.807) is 0 Å². The lowest BCUT2D eigenvalue weighted by Gasteiger charge is -2.16. The van der Waals surface area contributed by atoms with Crippen molar-refractivity contribution in [3.8, 4) is 5.75 Å². The second-order valence-corrected chi connectivity index (χ2v) is 5.18. The van der Waals surface area contributed by atoms with E-state index in [2.05, 4.69) is 13.0 Å². The maximum Gasteiger partial charge on any atom is 0.124 e. The van der Waals surface area contributed by atoms with Crippen molar-refractivity contribution in [2.24, 2.45) is 5.73 Å². The maximum atomic E-state index is 6.10. The Morgan fingerprint density at radius 3 is 3.00 bits per heavy atom. The lowest BCUT2D eigenvalue weighted by molar-refractivity contribution is 0.0980. The summed E-state index contributed by atoms with van der Waals surface area (Å²) in [6.45, 7) is 3.77. The van der Waals surface area contributed by atoms with Crippen LogP contribution in [0.2, 0.25) is 0 Å². The zero-order valence-corrected chi connectivity index (χ0v) is 11.8. The topological polar surface area (TPSA) is 44.5 Å². The molecule has 2 N–H and O–H groups in total. The molecular weight excluding hydrogens is 238 g/mol. The Balaban J connectivity index is 1.78. The molecular formula is C16H25NO2. The SMILES string of the molecule is CC[C@@H](N)c1ccccc1OCCCC1CCCO1. The summed E-state index contributed by atoms with van der Waals surface area (Å²) in [5.74, 6) is 0.934. The highest BCUT2D eigenvalue weighted by Crippen LogP contribution is 2.25. The molecule has 0 radical (unpaired) electrons. The van der Waals surface area contributed by atoms with Crippen LogP contribution in [-0.4, -0.2) is 19.3 Å². The normalized spacial score (nSPS) is 20.4. The van der Waals surface area contributed by atoms with Gasteiger partial charge in [-0.1, -0.05) is 25.1 Å². The summed E-state index contributed by atoms with van der Waals surface area (Å²) in [4.78, 5) is 0. The van der Waals surface area contributed by atoms with Crippen molar-refractivity contribution in [3.05, 3.63) is 29.8 Å². The molecule has 0 aromatic heterocycles. The molecule has 1 unspecified atom stereocenters. The Kier molecular flexibility index (Phi) is 5.67. The number of benzene rings is 1. The summed E-state index contributed by atoms with van der Waals surface area (Å²) < 4.78 is 11.5. The Morgan fingerprint density at radius 1 is 1.42 bits per heavy atom. The average Bonchev–Trinajstić information content (AvgIpc) is 2.96. The van der Waals surface area contributed by atoms with Crippen molar-refractivity contribution < 1.29 is 9.47 Å². The van der Waals surface area contributed by atoms with Gasteiger partial charge in [-0.25, -0.2) is 0 Å². The number of para-hydroxylation sites is 1. The molecule has 0 spiro atoms. The quantitative estimate of drug-likeness (QED) is 0.766. The van der Waals surface area contributed by atoms with Gasteiger partial charge in [0.2, 0.25) is 0 Å². The van der Waals surface area contributed by atoms with Crippen molar-refractivity contribution in [2.75, 3.05) is 13.2 Å². The highest BCUT2D eigenvalue weighted by Gasteiger charge is 2.15.